The Morgan fingerprint density at radius 2 is 2.10 bits per heavy atom. The van der Waals surface area contributed by atoms with E-state index >= 15 is 0 Å². The molecule has 0 amide bonds. The van der Waals surface area contributed by atoms with E-state index in [1.807, 2.05) is 6.07 Å². The van der Waals surface area contributed by atoms with Crippen molar-refractivity contribution in [2.24, 2.45) is 0 Å². The highest BCUT2D eigenvalue weighted by Crippen LogP contribution is 2.29. The molecule has 1 aliphatic rings. The first-order valence-corrected chi connectivity index (χ1v) is 8.65. The maximum absolute atomic E-state index is 12.3. The standard InChI is InChI=1S/C15H21NO4S/c1-11(2)21(19,20)16-8-4-7-14(10-16)12-5-3-6-13(9-12)15(17)18/h3,5-6,9,11,14H,4,7-8,10H2,1-2H3,(H,17,18)/t14-/m1/s1. The smallest absolute Gasteiger partial charge is 0.335 e. The monoisotopic (exact) mass is 311 g/mol. The third-order valence-electron chi connectivity index (χ3n) is 3.94. The van der Waals surface area contributed by atoms with Crippen molar-refractivity contribution in [2.45, 2.75) is 37.9 Å². The third kappa shape index (κ3) is 3.44. The quantitative estimate of drug-likeness (QED) is 0.926. The molecule has 0 spiro atoms. The molecule has 0 unspecified atom stereocenters. The SMILES string of the molecule is CC(C)S(=O)(=O)N1CCC[C@@H](c2cccc(C(=O)O)c2)C1. The van der Waals surface area contributed by atoms with Crippen LogP contribution in [-0.4, -0.2) is 42.1 Å². The second-order valence-electron chi connectivity index (χ2n) is 5.72. The summed E-state index contributed by atoms with van der Waals surface area (Å²) >= 11 is 0. The molecule has 1 atom stereocenters. The van der Waals surface area contributed by atoms with Crippen LogP contribution in [0.25, 0.3) is 0 Å². The Labute approximate surface area is 125 Å². The first-order valence-electron chi connectivity index (χ1n) is 7.14. The minimum atomic E-state index is -3.25. The van der Waals surface area contributed by atoms with Gasteiger partial charge in [-0.1, -0.05) is 12.1 Å². The molecule has 1 saturated heterocycles. The molecule has 1 aliphatic heterocycles. The molecular weight excluding hydrogens is 290 g/mol. The van der Waals surface area contributed by atoms with Crippen LogP contribution in [0, 0.1) is 0 Å². The molecule has 1 heterocycles. The lowest BCUT2D eigenvalue weighted by molar-refractivity contribution is 0.0696. The van der Waals surface area contributed by atoms with Crippen molar-refractivity contribution in [1.82, 2.24) is 4.31 Å². The maximum atomic E-state index is 12.3. The fourth-order valence-corrected chi connectivity index (χ4v) is 4.04. The summed E-state index contributed by atoms with van der Waals surface area (Å²) < 4.78 is 26.1. The van der Waals surface area contributed by atoms with E-state index in [1.54, 1.807) is 36.4 Å². The van der Waals surface area contributed by atoms with Crippen LogP contribution in [-0.2, 0) is 10.0 Å². The van der Waals surface area contributed by atoms with Crippen LogP contribution in [0.3, 0.4) is 0 Å². The maximum Gasteiger partial charge on any atom is 0.335 e. The van der Waals surface area contributed by atoms with Gasteiger partial charge in [0.05, 0.1) is 10.8 Å². The number of sulfonamides is 1. The molecule has 0 saturated carbocycles. The van der Waals surface area contributed by atoms with Crippen LogP contribution in [0.15, 0.2) is 24.3 Å². The number of aromatic carboxylic acids is 1. The molecule has 116 valence electrons. The zero-order valence-electron chi connectivity index (χ0n) is 12.3. The van der Waals surface area contributed by atoms with Gasteiger partial charge in [0.2, 0.25) is 10.0 Å². The fraction of sp³-hybridized carbons (Fsp3) is 0.533. The molecule has 1 aromatic rings. The van der Waals surface area contributed by atoms with Crippen molar-refractivity contribution in [3.05, 3.63) is 35.4 Å². The van der Waals surface area contributed by atoms with E-state index < -0.39 is 21.2 Å². The van der Waals surface area contributed by atoms with Crippen LogP contribution < -0.4 is 0 Å². The number of nitrogens with zero attached hydrogens (tertiary/aromatic N) is 1. The van der Waals surface area contributed by atoms with Crippen LogP contribution in [0.5, 0.6) is 0 Å². The molecule has 5 nitrogen and oxygen atoms in total. The van der Waals surface area contributed by atoms with Crippen LogP contribution in [0.2, 0.25) is 0 Å². The summed E-state index contributed by atoms with van der Waals surface area (Å²) in [6.07, 6.45) is 1.68. The predicted molar refractivity (Wildman–Crippen MR) is 81.0 cm³/mol. The van der Waals surface area contributed by atoms with Gasteiger partial charge in [0, 0.05) is 13.1 Å². The fourth-order valence-electron chi connectivity index (χ4n) is 2.67. The topological polar surface area (TPSA) is 74.7 Å². The Kier molecular flexibility index (Phi) is 4.68. The van der Waals surface area contributed by atoms with Crippen molar-refractivity contribution in [2.75, 3.05) is 13.1 Å². The number of carbonyl (C=O) groups is 1. The number of benzene rings is 1. The van der Waals surface area contributed by atoms with Gasteiger partial charge in [-0.25, -0.2) is 17.5 Å². The molecule has 2 rings (SSSR count). The Hall–Kier alpha value is -1.40. The molecular formula is C15H21NO4S. The molecule has 0 bridgehead atoms. The number of carboxylic acids is 1. The van der Waals surface area contributed by atoms with Gasteiger partial charge in [-0.15, -0.1) is 0 Å². The van der Waals surface area contributed by atoms with E-state index in [4.69, 9.17) is 5.11 Å². The number of carboxylic acid groups (broad SMARTS) is 1. The van der Waals surface area contributed by atoms with Gasteiger partial charge in [0.25, 0.3) is 0 Å². The number of hydrogen-bond acceptors (Lipinski definition) is 3. The highest BCUT2D eigenvalue weighted by atomic mass is 32.2. The summed E-state index contributed by atoms with van der Waals surface area (Å²) in [7, 11) is -3.25. The van der Waals surface area contributed by atoms with Gasteiger partial charge < -0.3 is 5.11 Å². The van der Waals surface area contributed by atoms with Crippen LogP contribution in [0.4, 0.5) is 0 Å². The van der Waals surface area contributed by atoms with E-state index in [0.29, 0.717) is 13.1 Å². The van der Waals surface area contributed by atoms with Crippen LogP contribution in [0.1, 0.15) is 48.5 Å². The molecule has 1 aromatic carbocycles. The molecule has 1 N–H and O–H groups in total. The van der Waals surface area contributed by atoms with Crippen LogP contribution >= 0.6 is 0 Å². The number of hydrogen-bond donors (Lipinski definition) is 1. The van der Waals surface area contributed by atoms with Gasteiger partial charge >= 0.3 is 5.97 Å². The summed E-state index contributed by atoms with van der Waals surface area (Å²) in [5.74, 6) is -0.897. The number of piperidine rings is 1. The summed E-state index contributed by atoms with van der Waals surface area (Å²) in [5.41, 5.74) is 1.15. The lowest BCUT2D eigenvalue weighted by atomic mass is 9.91. The van der Waals surface area contributed by atoms with E-state index in [1.165, 1.54) is 0 Å². The second-order valence-corrected chi connectivity index (χ2v) is 8.21. The summed E-state index contributed by atoms with van der Waals surface area (Å²) in [4.78, 5) is 11.0. The van der Waals surface area contributed by atoms with E-state index in [0.717, 1.165) is 18.4 Å². The Balaban J connectivity index is 2.22. The van der Waals surface area contributed by atoms with E-state index in [9.17, 15) is 13.2 Å². The normalized spacial score (nSPS) is 20.6. The molecule has 6 heteroatoms. The molecule has 0 radical (unpaired) electrons. The third-order valence-corrected chi connectivity index (χ3v) is 6.19. The largest absolute Gasteiger partial charge is 0.478 e. The zero-order chi connectivity index (χ0) is 15.6. The lowest BCUT2D eigenvalue weighted by Gasteiger charge is -2.33. The van der Waals surface area contributed by atoms with Gasteiger partial charge in [0.1, 0.15) is 0 Å². The minimum Gasteiger partial charge on any atom is -0.478 e. The zero-order valence-corrected chi connectivity index (χ0v) is 13.1. The highest BCUT2D eigenvalue weighted by molar-refractivity contribution is 7.89. The Bertz CT molecular complexity index is 624. The first-order chi connectivity index (χ1) is 9.82. The average molecular weight is 311 g/mol. The van der Waals surface area contributed by atoms with Crippen molar-refractivity contribution in [1.29, 1.82) is 0 Å². The van der Waals surface area contributed by atoms with Crippen molar-refractivity contribution >= 4 is 16.0 Å². The summed E-state index contributed by atoms with van der Waals surface area (Å²) in [5, 5.41) is 8.63. The van der Waals surface area contributed by atoms with Gasteiger partial charge in [-0.05, 0) is 50.3 Å². The van der Waals surface area contributed by atoms with E-state index in [-0.39, 0.29) is 11.5 Å². The summed E-state index contributed by atoms with van der Waals surface area (Å²) in [6.45, 7) is 4.35. The van der Waals surface area contributed by atoms with Crippen molar-refractivity contribution in [3.8, 4) is 0 Å². The Morgan fingerprint density at radius 3 is 2.71 bits per heavy atom. The van der Waals surface area contributed by atoms with Gasteiger partial charge in [-0.3, -0.25) is 0 Å². The second kappa shape index (κ2) is 6.15. The summed E-state index contributed by atoms with van der Waals surface area (Å²) in [6, 6.07) is 6.80. The lowest BCUT2D eigenvalue weighted by Crippen LogP contribution is -2.42. The predicted octanol–water partition coefficient (Wildman–Crippen LogP) is 2.30. The number of rotatable bonds is 4. The average Bonchev–Trinajstić information content (AvgIpc) is 2.47. The van der Waals surface area contributed by atoms with Crippen molar-refractivity contribution in [3.63, 3.8) is 0 Å². The molecule has 21 heavy (non-hydrogen) atoms. The van der Waals surface area contributed by atoms with E-state index in [2.05, 4.69) is 0 Å². The molecule has 1 fully saturated rings. The van der Waals surface area contributed by atoms with Crippen molar-refractivity contribution < 1.29 is 18.3 Å². The molecule has 0 aromatic heterocycles. The minimum absolute atomic E-state index is 0.0616. The van der Waals surface area contributed by atoms with Gasteiger partial charge in [-0.2, -0.15) is 0 Å². The highest BCUT2D eigenvalue weighted by Gasteiger charge is 2.31. The van der Waals surface area contributed by atoms with Gasteiger partial charge in [0.15, 0.2) is 0 Å². The Morgan fingerprint density at radius 1 is 1.38 bits per heavy atom. The molecule has 0 aliphatic carbocycles. The first kappa shape index (κ1) is 16.0.